The van der Waals surface area contributed by atoms with Crippen molar-refractivity contribution in [3.63, 3.8) is 0 Å². The first-order chi connectivity index (χ1) is 12.8. The molecule has 1 aliphatic rings. The van der Waals surface area contributed by atoms with Gasteiger partial charge in [0, 0.05) is 35.6 Å². The highest BCUT2D eigenvalue weighted by Crippen LogP contribution is 2.32. The zero-order valence-electron chi connectivity index (χ0n) is 16.2. The Morgan fingerprint density at radius 2 is 1.74 bits per heavy atom. The lowest BCUT2D eigenvalue weighted by atomic mass is 9.97. The van der Waals surface area contributed by atoms with Crippen molar-refractivity contribution in [3.05, 3.63) is 59.2 Å². The molecule has 0 radical (unpaired) electrons. The molecule has 0 aromatic heterocycles. The Morgan fingerprint density at radius 3 is 2.41 bits per heavy atom. The number of amides is 2. The van der Waals surface area contributed by atoms with Crippen molar-refractivity contribution in [2.45, 2.75) is 33.6 Å². The number of nitrogens with two attached hydrogens (primary N) is 1. The Morgan fingerprint density at radius 1 is 1.07 bits per heavy atom. The van der Waals surface area contributed by atoms with E-state index in [0.717, 1.165) is 29.8 Å². The lowest BCUT2D eigenvalue weighted by molar-refractivity contribution is 0.0936. The van der Waals surface area contributed by atoms with Gasteiger partial charge in [-0.2, -0.15) is 0 Å². The molecule has 1 heterocycles. The SMILES string of the molecule is CC(C)(C)CNC(=O)c1ccc(C(=O)N2CCCc3c(N)cccc32)cc1. The number of benzene rings is 2. The van der Waals surface area contributed by atoms with Gasteiger partial charge in [0.05, 0.1) is 0 Å². The zero-order valence-corrected chi connectivity index (χ0v) is 16.2. The molecule has 2 aromatic carbocycles. The standard InChI is InChI=1S/C22H27N3O2/c1-22(2,3)14-24-20(26)15-9-11-16(12-10-15)21(27)25-13-5-6-17-18(23)7-4-8-19(17)25/h4,7-12H,5-6,13-14,23H2,1-3H3,(H,24,26). The van der Waals surface area contributed by atoms with E-state index in [9.17, 15) is 9.59 Å². The van der Waals surface area contributed by atoms with E-state index < -0.39 is 0 Å². The molecule has 1 aliphatic heterocycles. The molecule has 0 unspecified atom stereocenters. The largest absolute Gasteiger partial charge is 0.398 e. The van der Waals surface area contributed by atoms with Crippen LogP contribution in [0.25, 0.3) is 0 Å². The Balaban J connectivity index is 1.76. The van der Waals surface area contributed by atoms with Gasteiger partial charge in [0.2, 0.25) is 0 Å². The predicted molar refractivity (Wildman–Crippen MR) is 109 cm³/mol. The Kier molecular flexibility index (Phi) is 5.22. The smallest absolute Gasteiger partial charge is 0.258 e. The normalized spacial score (nSPS) is 13.8. The number of nitrogen functional groups attached to an aromatic ring is 1. The number of rotatable bonds is 3. The first-order valence-electron chi connectivity index (χ1n) is 9.34. The molecule has 0 atom stereocenters. The van der Waals surface area contributed by atoms with Crippen LogP contribution < -0.4 is 16.0 Å². The molecule has 0 bridgehead atoms. The van der Waals surface area contributed by atoms with Gasteiger partial charge in [-0.1, -0.05) is 26.8 Å². The van der Waals surface area contributed by atoms with Crippen molar-refractivity contribution < 1.29 is 9.59 Å². The number of nitrogens with zero attached hydrogens (tertiary/aromatic N) is 1. The third-order valence-corrected chi connectivity index (χ3v) is 4.71. The summed E-state index contributed by atoms with van der Waals surface area (Å²) in [4.78, 5) is 27.0. The average Bonchev–Trinajstić information content (AvgIpc) is 2.65. The van der Waals surface area contributed by atoms with Gasteiger partial charge in [-0.05, 0) is 60.2 Å². The van der Waals surface area contributed by atoms with Gasteiger partial charge in [0.1, 0.15) is 0 Å². The molecule has 0 spiro atoms. The first kappa shape index (κ1) is 19.0. The van der Waals surface area contributed by atoms with Gasteiger partial charge < -0.3 is 16.0 Å². The number of nitrogens with one attached hydrogen (secondary N) is 1. The van der Waals surface area contributed by atoms with Crippen LogP contribution in [0, 0.1) is 5.41 Å². The maximum atomic E-state index is 13.0. The quantitative estimate of drug-likeness (QED) is 0.816. The van der Waals surface area contributed by atoms with Crippen LogP contribution in [0.15, 0.2) is 42.5 Å². The molecule has 0 fully saturated rings. The van der Waals surface area contributed by atoms with Gasteiger partial charge in [0.15, 0.2) is 0 Å². The number of carbonyl (C=O) groups is 2. The third-order valence-electron chi connectivity index (χ3n) is 4.71. The lowest BCUT2D eigenvalue weighted by Gasteiger charge is -2.30. The summed E-state index contributed by atoms with van der Waals surface area (Å²) in [5.41, 5.74) is 9.87. The minimum atomic E-state index is -0.125. The van der Waals surface area contributed by atoms with Gasteiger partial charge in [0.25, 0.3) is 11.8 Å². The van der Waals surface area contributed by atoms with Crippen LogP contribution in [0.4, 0.5) is 11.4 Å². The van der Waals surface area contributed by atoms with Gasteiger partial charge in [-0.3, -0.25) is 9.59 Å². The highest BCUT2D eigenvalue weighted by molar-refractivity contribution is 6.07. The van der Waals surface area contributed by atoms with E-state index >= 15 is 0 Å². The van der Waals surface area contributed by atoms with Crippen LogP contribution in [-0.4, -0.2) is 24.9 Å². The number of carbonyl (C=O) groups excluding carboxylic acids is 2. The Bertz CT molecular complexity index is 851. The second-order valence-electron chi connectivity index (χ2n) is 8.23. The maximum Gasteiger partial charge on any atom is 0.258 e. The predicted octanol–water partition coefficient (Wildman–Crippen LogP) is 3.64. The van der Waals surface area contributed by atoms with Crippen LogP contribution >= 0.6 is 0 Å². The summed E-state index contributed by atoms with van der Waals surface area (Å²) in [6.07, 6.45) is 1.78. The maximum absolute atomic E-state index is 13.0. The molecule has 3 rings (SSSR count). The van der Waals surface area contributed by atoms with Crippen LogP contribution in [-0.2, 0) is 6.42 Å². The minimum Gasteiger partial charge on any atom is -0.398 e. The molecule has 0 aliphatic carbocycles. The van der Waals surface area contributed by atoms with Crippen LogP contribution in [0.5, 0.6) is 0 Å². The highest BCUT2D eigenvalue weighted by Gasteiger charge is 2.24. The Labute approximate surface area is 160 Å². The first-order valence-corrected chi connectivity index (χ1v) is 9.34. The molecule has 5 heteroatoms. The average molecular weight is 365 g/mol. The number of hydrogen-bond donors (Lipinski definition) is 2. The van der Waals surface area contributed by atoms with E-state index in [1.165, 1.54) is 0 Å². The minimum absolute atomic E-state index is 0.0229. The number of anilines is 2. The molecule has 0 saturated heterocycles. The van der Waals surface area contributed by atoms with Crippen LogP contribution in [0.2, 0.25) is 0 Å². The molecule has 3 N–H and O–H groups in total. The number of hydrogen-bond acceptors (Lipinski definition) is 3. The third kappa shape index (κ3) is 4.30. The van der Waals surface area contributed by atoms with Crippen molar-refractivity contribution in [2.24, 2.45) is 5.41 Å². The van der Waals surface area contributed by atoms with E-state index in [4.69, 9.17) is 5.73 Å². The van der Waals surface area contributed by atoms with Gasteiger partial charge in [-0.25, -0.2) is 0 Å². The number of fused-ring (bicyclic) bond motifs is 1. The van der Waals surface area contributed by atoms with Crippen molar-refractivity contribution in [2.75, 3.05) is 23.7 Å². The Hall–Kier alpha value is -2.82. The monoisotopic (exact) mass is 365 g/mol. The van der Waals surface area contributed by atoms with Gasteiger partial charge in [-0.15, -0.1) is 0 Å². The van der Waals surface area contributed by atoms with E-state index in [2.05, 4.69) is 26.1 Å². The summed E-state index contributed by atoms with van der Waals surface area (Å²) in [6, 6.07) is 12.5. The molecule has 0 saturated carbocycles. The molecular weight excluding hydrogens is 338 g/mol. The zero-order chi connectivity index (χ0) is 19.6. The molecule has 27 heavy (non-hydrogen) atoms. The van der Waals surface area contributed by atoms with Crippen molar-refractivity contribution in [1.82, 2.24) is 5.32 Å². The fourth-order valence-electron chi connectivity index (χ4n) is 3.23. The van der Waals surface area contributed by atoms with Crippen molar-refractivity contribution >= 4 is 23.2 Å². The second-order valence-corrected chi connectivity index (χ2v) is 8.23. The summed E-state index contributed by atoms with van der Waals surface area (Å²) in [6.45, 7) is 7.47. The van der Waals surface area contributed by atoms with Crippen LogP contribution in [0.1, 0.15) is 53.5 Å². The van der Waals surface area contributed by atoms with E-state index in [0.29, 0.717) is 24.2 Å². The summed E-state index contributed by atoms with van der Waals surface area (Å²) < 4.78 is 0. The topological polar surface area (TPSA) is 75.4 Å². The summed E-state index contributed by atoms with van der Waals surface area (Å²) >= 11 is 0. The lowest BCUT2D eigenvalue weighted by Crippen LogP contribution is -2.36. The summed E-state index contributed by atoms with van der Waals surface area (Å²) in [5.74, 6) is -0.191. The van der Waals surface area contributed by atoms with Gasteiger partial charge >= 0.3 is 0 Å². The van der Waals surface area contributed by atoms with Crippen molar-refractivity contribution in [1.29, 1.82) is 0 Å². The summed E-state index contributed by atoms with van der Waals surface area (Å²) in [5, 5.41) is 2.92. The van der Waals surface area contributed by atoms with E-state index in [-0.39, 0.29) is 17.2 Å². The summed E-state index contributed by atoms with van der Waals surface area (Å²) in [7, 11) is 0. The molecular formula is C22H27N3O2. The van der Waals surface area contributed by atoms with Crippen molar-refractivity contribution in [3.8, 4) is 0 Å². The molecule has 2 aromatic rings. The highest BCUT2D eigenvalue weighted by atomic mass is 16.2. The molecule has 2 amide bonds. The second kappa shape index (κ2) is 7.43. The molecule has 142 valence electrons. The fourth-order valence-corrected chi connectivity index (χ4v) is 3.23. The molecule has 5 nitrogen and oxygen atoms in total. The van der Waals surface area contributed by atoms with Crippen LogP contribution in [0.3, 0.4) is 0 Å². The fraction of sp³-hybridized carbons (Fsp3) is 0.364. The van der Waals surface area contributed by atoms with E-state index in [1.54, 1.807) is 29.2 Å². The van der Waals surface area contributed by atoms with E-state index in [1.807, 2.05) is 18.2 Å².